The summed E-state index contributed by atoms with van der Waals surface area (Å²) >= 11 is 0. The SMILES string of the molecule is N.O=Cc1ccc([N+](=O)[O-])o1. The van der Waals surface area contributed by atoms with Crippen LogP contribution in [0.3, 0.4) is 0 Å². The van der Waals surface area contributed by atoms with Gasteiger partial charge in [-0.2, -0.15) is 0 Å². The molecule has 0 aliphatic heterocycles. The van der Waals surface area contributed by atoms with Gasteiger partial charge in [0.2, 0.25) is 0 Å². The maximum Gasteiger partial charge on any atom is 0.433 e. The molecule has 0 unspecified atom stereocenters. The molecule has 0 aliphatic rings. The fourth-order valence-electron chi connectivity index (χ4n) is 0.504. The van der Waals surface area contributed by atoms with Crippen LogP contribution in [0.5, 0.6) is 0 Å². The van der Waals surface area contributed by atoms with E-state index in [1.54, 1.807) is 0 Å². The average molecular weight is 158 g/mol. The maximum atomic E-state index is 9.93. The highest BCUT2D eigenvalue weighted by atomic mass is 16.6. The number of hydrogen-bond donors (Lipinski definition) is 1. The molecule has 0 amide bonds. The summed E-state index contributed by atoms with van der Waals surface area (Å²) in [4.78, 5) is 19.2. The Morgan fingerprint density at radius 2 is 2.18 bits per heavy atom. The molecule has 1 aromatic heterocycles. The van der Waals surface area contributed by atoms with Gasteiger partial charge in [-0.3, -0.25) is 14.9 Å². The molecular weight excluding hydrogens is 152 g/mol. The van der Waals surface area contributed by atoms with Crippen LogP contribution >= 0.6 is 0 Å². The molecule has 11 heavy (non-hydrogen) atoms. The predicted molar refractivity (Wildman–Crippen MR) is 35.8 cm³/mol. The zero-order valence-corrected chi connectivity index (χ0v) is 5.52. The molecular formula is C5H6N2O4. The number of carbonyl (C=O) groups excluding carboxylic acids is 1. The third-order valence-electron chi connectivity index (χ3n) is 0.909. The van der Waals surface area contributed by atoms with E-state index in [0.29, 0.717) is 6.29 Å². The Balaban J connectivity index is 0.000001000. The summed E-state index contributed by atoms with van der Waals surface area (Å²) < 4.78 is 4.43. The maximum absolute atomic E-state index is 9.93. The molecule has 0 saturated carbocycles. The van der Waals surface area contributed by atoms with E-state index < -0.39 is 10.8 Å². The fraction of sp³-hybridized carbons (Fsp3) is 0. The Bertz CT molecular complexity index is 267. The molecule has 1 aromatic rings. The van der Waals surface area contributed by atoms with Gasteiger partial charge < -0.3 is 10.6 Å². The van der Waals surface area contributed by atoms with Gasteiger partial charge in [0.1, 0.15) is 4.92 Å². The molecule has 0 fully saturated rings. The fourth-order valence-corrected chi connectivity index (χ4v) is 0.504. The normalized spacial score (nSPS) is 8.36. The molecule has 6 heteroatoms. The van der Waals surface area contributed by atoms with E-state index >= 15 is 0 Å². The third kappa shape index (κ3) is 1.87. The van der Waals surface area contributed by atoms with E-state index in [-0.39, 0.29) is 11.9 Å². The number of nitro groups is 1. The molecule has 60 valence electrons. The Morgan fingerprint density at radius 3 is 2.45 bits per heavy atom. The summed E-state index contributed by atoms with van der Waals surface area (Å²) in [6.07, 6.45) is 0.410. The van der Waals surface area contributed by atoms with Crippen LogP contribution in [0.15, 0.2) is 16.5 Å². The van der Waals surface area contributed by atoms with Gasteiger partial charge in [-0.25, -0.2) is 0 Å². The Kier molecular flexibility index (Phi) is 2.94. The topological polar surface area (TPSA) is 108 Å². The van der Waals surface area contributed by atoms with Crippen LogP contribution in [0.4, 0.5) is 5.88 Å². The second-order valence-electron chi connectivity index (χ2n) is 1.55. The minimum Gasteiger partial charge on any atom is -0.398 e. The number of rotatable bonds is 2. The molecule has 3 N–H and O–H groups in total. The van der Waals surface area contributed by atoms with Gasteiger partial charge in [-0.05, 0) is 6.07 Å². The monoisotopic (exact) mass is 158 g/mol. The largest absolute Gasteiger partial charge is 0.433 e. The number of carbonyl (C=O) groups is 1. The summed E-state index contributed by atoms with van der Waals surface area (Å²) in [6.45, 7) is 0. The first-order valence-electron chi connectivity index (χ1n) is 2.43. The highest BCUT2D eigenvalue weighted by Gasteiger charge is 2.10. The van der Waals surface area contributed by atoms with Crippen LogP contribution in [0.25, 0.3) is 0 Å². The molecule has 6 nitrogen and oxygen atoms in total. The Hall–Kier alpha value is -1.69. The summed E-state index contributed by atoms with van der Waals surface area (Å²) in [7, 11) is 0. The van der Waals surface area contributed by atoms with E-state index in [1.807, 2.05) is 0 Å². The lowest BCUT2D eigenvalue weighted by Gasteiger charge is -1.79. The van der Waals surface area contributed by atoms with Gasteiger partial charge in [0, 0.05) is 0 Å². The lowest BCUT2D eigenvalue weighted by atomic mass is 10.5. The molecule has 0 aliphatic carbocycles. The van der Waals surface area contributed by atoms with Crippen molar-refractivity contribution in [3.05, 3.63) is 28.0 Å². The van der Waals surface area contributed by atoms with Crippen molar-refractivity contribution in [3.63, 3.8) is 0 Å². The first-order chi connectivity index (χ1) is 4.74. The van der Waals surface area contributed by atoms with E-state index in [1.165, 1.54) is 6.07 Å². The zero-order chi connectivity index (χ0) is 7.56. The molecule has 0 atom stereocenters. The number of hydrogen-bond acceptors (Lipinski definition) is 5. The smallest absolute Gasteiger partial charge is 0.398 e. The van der Waals surface area contributed by atoms with E-state index in [2.05, 4.69) is 4.42 Å². The zero-order valence-electron chi connectivity index (χ0n) is 5.52. The van der Waals surface area contributed by atoms with Crippen molar-refractivity contribution in [1.29, 1.82) is 0 Å². The van der Waals surface area contributed by atoms with Gasteiger partial charge in [0.25, 0.3) is 0 Å². The Labute approximate surface area is 61.5 Å². The van der Waals surface area contributed by atoms with Gasteiger partial charge in [-0.1, -0.05) is 0 Å². The van der Waals surface area contributed by atoms with Crippen LogP contribution < -0.4 is 6.15 Å². The minimum absolute atomic E-state index is 0. The van der Waals surface area contributed by atoms with Crippen molar-refractivity contribution in [3.8, 4) is 0 Å². The van der Waals surface area contributed by atoms with Crippen molar-refractivity contribution >= 4 is 12.2 Å². The molecule has 0 spiro atoms. The lowest BCUT2D eigenvalue weighted by Crippen LogP contribution is -1.82. The van der Waals surface area contributed by atoms with E-state index in [4.69, 9.17) is 0 Å². The molecule has 1 heterocycles. The van der Waals surface area contributed by atoms with Crippen molar-refractivity contribution in [2.45, 2.75) is 0 Å². The third-order valence-corrected chi connectivity index (χ3v) is 0.909. The predicted octanol–water partition coefficient (Wildman–Crippen LogP) is 1.16. The first-order valence-corrected chi connectivity index (χ1v) is 2.43. The summed E-state index contributed by atoms with van der Waals surface area (Å²) in [6, 6.07) is 2.37. The molecule has 0 saturated heterocycles. The van der Waals surface area contributed by atoms with Gasteiger partial charge >= 0.3 is 5.88 Å². The van der Waals surface area contributed by atoms with Crippen LogP contribution in [0.1, 0.15) is 10.6 Å². The highest BCUT2D eigenvalue weighted by Crippen LogP contribution is 2.13. The van der Waals surface area contributed by atoms with Gasteiger partial charge in [0.05, 0.1) is 6.07 Å². The van der Waals surface area contributed by atoms with Crippen LogP contribution in [-0.4, -0.2) is 11.2 Å². The minimum atomic E-state index is -0.701. The summed E-state index contributed by atoms with van der Waals surface area (Å²) in [5.74, 6) is -0.450. The summed E-state index contributed by atoms with van der Waals surface area (Å²) in [5, 5.41) is 9.93. The second kappa shape index (κ2) is 3.47. The molecule has 1 rings (SSSR count). The van der Waals surface area contributed by atoms with Gasteiger partial charge in [0.15, 0.2) is 12.0 Å². The van der Waals surface area contributed by atoms with Crippen LogP contribution in [-0.2, 0) is 0 Å². The number of aldehydes is 1. The van der Waals surface area contributed by atoms with Crippen molar-refractivity contribution < 1.29 is 14.1 Å². The van der Waals surface area contributed by atoms with Crippen LogP contribution in [0, 0.1) is 10.1 Å². The molecule has 0 radical (unpaired) electrons. The van der Waals surface area contributed by atoms with Crippen LogP contribution in [0.2, 0.25) is 0 Å². The van der Waals surface area contributed by atoms with E-state index in [0.717, 1.165) is 6.07 Å². The summed E-state index contributed by atoms with van der Waals surface area (Å²) in [5.41, 5.74) is 0. The second-order valence-corrected chi connectivity index (χ2v) is 1.55. The van der Waals surface area contributed by atoms with Crippen molar-refractivity contribution in [1.82, 2.24) is 6.15 Å². The average Bonchev–Trinajstić information content (AvgIpc) is 2.34. The van der Waals surface area contributed by atoms with Crippen molar-refractivity contribution in [2.75, 3.05) is 0 Å². The Morgan fingerprint density at radius 1 is 1.55 bits per heavy atom. The first kappa shape index (κ1) is 9.31. The van der Waals surface area contributed by atoms with Crippen molar-refractivity contribution in [2.24, 2.45) is 0 Å². The molecule has 0 bridgehead atoms. The highest BCUT2D eigenvalue weighted by molar-refractivity contribution is 5.70. The lowest BCUT2D eigenvalue weighted by molar-refractivity contribution is -0.402. The quantitative estimate of drug-likeness (QED) is 0.394. The number of furan rings is 1. The molecule has 0 aromatic carbocycles. The standard InChI is InChI=1S/C5H3NO4.H3N/c7-3-4-1-2-5(10-4)6(8)9;/h1-3H;1H3. The van der Waals surface area contributed by atoms with E-state index in [9.17, 15) is 14.9 Å². The number of nitrogens with zero attached hydrogens (tertiary/aromatic N) is 1. The van der Waals surface area contributed by atoms with Gasteiger partial charge in [-0.15, -0.1) is 0 Å².